The van der Waals surface area contributed by atoms with E-state index in [1.807, 2.05) is 19.1 Å². The number of thiocarbonyl (C=S) groups is 1. The van der Waals surface area contributed by atoms with Gasteiger partial charge in [-0.2, -0.15) is 0 Å². The molecule has 0 radical (unpaired) electrons. The largest absolute Gasteiger partial charge is 0.454 e. The molecule has 1 saturated carbocycles. The molecule has 0 unspecified atom stereocenters. The molecule has 0 amide bonds. The van der Waals surface area contributed by atoms with Crippen LogP contribution in [-0.4, -0.2) is 44.4 Å². The van der Waals surface area contributed by atoms with E-state index < -0.39 is 20.5 Å². The molecule has 1 aliphatic heterocycles. The Hall–Kier alpha value is -1.38. The summed E-state index contributed by atoms with van der Waals surface area (Å²) < 4.78 is 41.5. The van der Waals surface area contributed by atoms with Crippen LogP contribution in [-0.2, 0) is 14.6 Å². The van der Waals surface area contributed by atoms with E-state index in [2.05, 4.69) is 0 Å². The van der Waals surface area contributed by atoms with Crippen molar-refractivity contribution in [3.63, 3.8) is 0 Å². The van der Waals surface area contributed by atoms with Gasteiger partial charge in [0, 0.05) is 18.3 Å². The first-order valence-electron chi connectivity index (χ1n) is 7.87. The molecule has 24 heavy (non-hydrogen) atoms. The van der Waals surface area contributed by atoms with Crippen molar-refractivity contribution in [3.8, 4) is 11.5 Å². The van der Waals surface area contributed by atoms with Gasteiger partial charge >= 0.3 is 0 Å². The Labute approximate surface area is 147 Å². The Morgan fingerprint density at radius 2 is 2.08 bits per heavy atom. The Kier molecular flexibility index (Phi) is 4.48. The van der Waals surface area contributed by atoms with E-state index >= 15 is 0 Å². The standard InChI is InChI=1S/C16H21NO5S2/c1-3-20-8-16(15(17)23)13(14(16)24(18,19)4-2)10-5-6-11-12(7-10)22-9-21-11/h5-7,13-14H,3-4,8-9H2,1-2H3,(H2,17,23)/t13-,14+,16-/m1/s1. The molecule has 2 aliphatic rings. The summed E-state index contributed by atoms with van der Waals surface area (Å²) in [5.74, 6) is 0.969. The lowest BCUT2D eigenvalue weighted by Gasteiger charge is -2.16. The molecular weight excluding hydrogens is 350 g/mol. The highest BCUT2D eigenvalue weighted by atomic mass is 32.2. The highest BCUT2D eigenvalue weighted by Gasteiger charge is 2.72. The van der Waals surface area contributed by atoms with E-state index in [4.69, 9.17) is 32.2 Å². The van der Waals surface area contributed by atoms with Gasteiger partial charge in [-0.25, -0.2) is 8.42 Å². The van der Waals surface area contributed by atoms with E-state index in [9.17, 15) is 8.42 Å². The van der Waals surface area contributed by atoms with Crippen LogP contribution in [0.2, 0.25) is 0 Å². The maximum absolute atomic E-state index is 12.6. The van der Waals surface area contributed by atoms with Crippen molar-refractivity contribution in [2.45, 2.75) is 25.0 Å². The highest BCUT2D eigenvalue weighted by molar-refractivity contribution is 7.92. The molecule has 1 fully saturated rings. The third-order valence-electron chi connectivity index (χ3n) is 4.81. The minimum absolute atomic E-state index is 0.0369. The van der Waals surface area contributed by atoms with E-state index in [1.54, 1.807) is 13.0 Å². The maximum Gasteiger partial charge on any atom is 0.231 e. The third kappa shape index (κ3) is 2.57. The lowest BCUT2D eigenvalue weighted by molar-refractivity contribution is 0.121. The van der Waals surface area contributed by atoms with Crippen LogP contribution in [0.25, 0.3) is 0 Å². The fourth-order valence-corrected chi connectivity index (χ4v) is 5.96. The van der Waals surface area contributed by atoms with Crippen LogP contribution in [0, 0.1) is 5.41 Å². The minimum Gasteiger partial charge on any atom is -0.454 e. The summed E-state index contributed by atoms with van der Waals surface area (Å²) in [5.41, 5.74) is 5.95. The predicted octanol–water partition coefficient (Wildman–Crippen LogP) is 1.62. The third-order valence-corrected chi connectivity index (χ3v) is 7.46. The fourth-order valence-electron chi connectivity index (χ4n) is 3.50. The average molecular weight is 371 g/mol. The second-order valence-electron chi connectivity index (χ2n) is 6.00. The van der Waals surface area contributed by atoms with Gasteiger partial charge in [-0.1, -0.05) is 25.2 Å². The van der Waals surface area contributed by atoms with Gasteiger partial charge in [0.2, 0.25) is 6.79 Å². The van der Waals surface area contributed by atoms with Crippen molar-refractivity contribution in [1.29, 1.82) is 0 Å². The van der Waals surface area contributed by atoms with Gasteiger partial charge < -0.3 is 19.9 Å². The van der Waals surface area contributed by atoms with E-state index in [0.717, 1.165) is 5.56 Å². The number of hydrogen-bond donors (Lipinski definition) is 1. The van der Waals surface area contributed by atoms with E-state index in [0.29, 0.717) is 18.1 Å². The normalized spacial score (nSPS) is 27.9. The van der Waals surface area contributed by atoms with Crippen molar-refractivity contribution in [2.24, 2.45) is 11.1 Å². The van der Waals surface area contributed by atoms with Crippen molar-refractivity contribution in [2.75, 3.05) is 25.8 Å². The number of rotatable bonds is 7. The number of hydrogen-bond acceptors (Lipinski definition) is 6. The molecule has 1 aromatic rings. The van der Waals surface area contributed by atoms with Crippen LogP contribution >= 0.6 is 12.2 Å². The van der Waals surface area contributed by atoms with Gasteiger partial charge in [-0.3, -0.25) is 0 Å². The van der Waals surface area contributed by atoms with Gasteiger partial charge in [0.05, 0.1) is 22.3 Å². The van der Waals surface area contributed by atoms with Crippen molar-refractivity contribution in [3.05, 3.63) is 23.8 Å². The van der Waals surface area contributed by atoms with E-state index in [-0.39, 0.29) is 30.1 Å². The average Bonchev–Trinajstić information content (AvgIpc) is 3.04. The van der Waals surface area contributed by atoms with Crippen LogP contribution in [0.5, 0.6) is 11.5 Å². The van der Waals surface area contributed by atoms with Crippen LogP contribution in [0.4, 0.5) is 0 Å². The van der Waals surface area contributed by atoms with Crippen molar-refractivity contribution >= 4 is 27.0 Å². The molecule has 3 rings (SSSR count). The Balaban J connectivity index is 2.04. The zero-order valence-corrected chi connectivity index (χ0v) is 15.3. The zero-order chi connectivity index (χ0) is 17.5. The predicted molar refractivity (Wildman–Crippen MR) is 94.3 cm³/mol. The lowest BCUT2D eigenvalue weighted by atomic mass is 9.99. The Bertz CT molecular complexity index is 764. The molecule has 8 heteroatoms. The second kappa shape index (κ2) is 6.16. The summed E-state index contributed by atoms with van der Waals surface area (Å²) in [4.78, 5) is 0.181. The SMILES string of the molecule is CCOC[C@@]1(C(N)=S)[C@H](c2ccc3c(c2)OCO3)[C@@H]1S(=O)(=O)CC. The molecule has 1 aliphatic carbocycles. The zero-order valence-electron chi connectivity index (χ0n) is 13.7. The number of sulfone groups is 1. The number of benzene rings is 1. The van der Waals surface area contributed by atoms with Crippen LogP contribution in [0.1, 0.15) is 25.3 Å². The Morgan fingerprint density at radius 1 is 1.38 bits per heavy atom. The van der Waals surface area contributed by atoms with Crippen molar-refractivity contribution in [1.82, 2.24) is 0 Å². The first kappa shape index (κ1) is 17.4. The van der Waals surface area contributed by atoms with Crippen molar-refractivity contribution < 1.29 is 22.6 Å². The first-order chi connectivity index (χ1) is 11.4. The minimum atomic E-state index is -3.34. The smallest absolute Gasteiger partial charge is 0.231 e. The molecule has 6 nitrogen and oxygen atoms in total. The topological polar surface area (TPSA) is 87.8 Å². The molecule has 1 aromatic carbocycles. The molecule has 0 bridgehead atoms. The van der Waals surface area contributed by atoms with Gasteiger partial charge in [-0.05, 0) is 24.6 Å². The number of fused-ring (bicyclic) bond motifs is 1. The van der Waals surface area contributed by atoms with Crippen LogP contribution < -0.4 is 15.2 Å². The molecule has 2 N–H and O–H groups in total. The van der Waals surface area contributed by atoms with Crippen LogP contribution in [0.3, 0.4) is 0 Å². The van der Waals surface area contributed by atoms with Gasteiger partial charge in [0.15, 0.2) is 21.3 Å². The molecule has 3 atom stereocenters. The van der Waals surface area contributed by atoms with Crippen LogP contribution in [0.15, 0.2) is 18.2 Å². The summed E-state index contributed by atoms with van der Waals surface area (Å²) in [5, 5.41) is -0.667. The summed E-state index contributed by atoms with van der Waals surface area (Å²) in [6, 6.07) is 5.45. The molecule has 132 valence electrons. The summed E-state index contributed by atoms with van der Waals surface area (Å²) in [6.07, 6.45) is 0. The second-order valence-corrected chi connectivity index (χ2v) is 8.86. The Morgan fingerprint density at radius 3 is 2.71 bits per heavy atom. The number of ether oxygens (including phenoxy) is 3. The molecule has 0 saturated heterocycles. The molecule has 0 spiro atoms. The summed E-state index contributed by atoms with van der Waals surface area (Å²) in [6.45, 7) is 4.32. The van der Waals surface area contributed by atoms with E-state index in [1.165, 1.54) is 0 Å². The first-order valence-corrected chi connectivity index (χ1v) is 9.99. The molecule has 0 aromatic heterocycles. The fraction of sp³-hybridized carbons (Fsp3) is 0.562. The van der Waals surface area contributed by atoms with Gasteiger partial charge in [-0.15, -0.1) is 0 Å². The number of nitrogens with two attached hydrogens (primary N) is 1. The summed E-state index contributed by atoms with van der Waals surface area (Å²) in [7, 11) is -3.34. The monoisotopic (exact) mass is 371 g/mol. The lowest BCUT2D eigenvalue weighted by Crippen LogP contribution is -2.34. The molecular formula is C16H21NO5S2. The highest BCUT2D eigenvalue weighted by Crippen LogP contribution is 2.64. The van der Waals surface area contributed by atoms with Gasteiger partial charge in [0.1, 0.15) is 0 Å². The quantitative estimate of drug-likeness (QED) is 0.729. The maximum atomic E-state index is 12.6. The van der Waals surface area contributed by atoms with Gasteiger partial charge in [0.25, 0.3) is 0 Å². The summed E-state index contributed by atoms with van der Waals surface area (Å²) >= 11 is 5.26. The molecule has 1 heterocycles.